The summed E-state index contributed by atoms with van der Waals surface area (Å²) in [6, 6.07) is 0. The molecule has 4 saturated carbocycles. The van der Waals surface area contributed by atoms with E-state index in [-0.39, 0.29) is 17.8 Å². The predicted octanol–water partition coefficient (Wildman–Crippen LogP) is 3.39. The first kappa shape index (κ1) is 21.3. The molecule has 0 aromatic carbocycles. The summed E-state index contributed by atoms with van der Waals surface area (Å²) < 4.78 is 69.9. The normalized spacial score (nSPS) is 38.8. The highest BCUT2D eigenvalue weighted by atomic mass is 19.3. The van der Waals surface area contributed by atoms with Gasteiger partial charge in [-0.15, -0.1) is 0 Å². The molecule has 4 rings (SSSR count). The van der Waals surface area contributed by atoms with Crippen LogP contribution in [0.1, 0.15) is 46.0 Å². The molecule has 4 aliphatic carbocycles. The van der Waals surface area contributed by atoms with Gasteiger partial charge in [-0.3, -0.25) is 0 Å². The fraction of sp³-hybridized carbons (Fsp3) is 0.895. The fourth-order valence-electron chi connectivity index (χ4n) is 6.04. The van der Waals surface area contributed by atoms with Gasteiger partial charge < -0.3 is 14.2 Å². The van der Waals surface area contributed by atoms with Crippen LogP contribution in [-0.2, 0) is 23.8 Å². The van der Waals surface area contributed by atoms with Gasteiger partial charge in [-0.2, -0.15) is 8.78 Å². The quantitative estimate of drug-likeness (QED) is 0.476. The molecule has 0 aromatic rings. The average Bonchev–Trinajstić information content (AvgIpc) is 2.58. The van der Waals surface area contributed by atoms with E-state index in [1.807, 2.05) is 0 Å². The Hall–Kier alpha value is -1.38. The van der Waals surface area contributed by atoms with Gasteiger partial charge >= 0.3 is 17.9 Å². The van der Waals surface area contributed by atoms with Gasteiger partial charge in [0.25, 0.3) is 0 Å². The van der Waals surface area contributed by atoms with Crippen LogP contribution < -0.4 is 0 Å². The number of ether oxygens (including phenoxy) is 3. The van der Waals surface area contributed by atoms with Crippen LogP contribution >= 0.6 is 0 Å². The van der Waals surface area contributed by atoms with Crippen LogP contribution in [0.2, 0.25) is 0 Å². The molecule has 0 spiro atoms. The Labute approximate surface area is 161 Å². The van der Waals surface area contributed by atoms with Crippen molar-refractivity contribution in [1.29, 1.82) is 0 Å². The topological polar surface area (TPSA) is 61.8 Å². The van der Waals surface area contributed by atoms with Gasteiger partial charge in [0.2, 0.25) is 0 Å². The fourth-order valence-corrected chi connectivity index (χ4v) is 6.04. The lowest BCUT2D eigenvalue weighted by Crippen LogP contribution is -2.72. The third kappa shape index (κ3) is 3.29. The summed E-state index contributed by atoms with van der Waals surface area (Å²) in [4.78, 5) is 23.3. The molecule has 4 bridgehead atoms. The molecule has 0 saturated heterocycles. The van der Waals surface area contributed by atoms with Crippen molar-refractivity contribution in [3.05, 3.63) is 0 Å². The van der Waals surface area contributed by atoms with Gasteiger partial charge in [0, 0.05) is 14.0 Å². The summed E-state index contributed by atoms with van der Waals surface area (Å²) in [6.45, 7) is -0.498. The minimum Gasteiger partial charge on any atom is -0.457 e. The van der Waals surface area contributed by atoms with E-state index in [4.69, 9.17) is 9.47 Å². The molecule has 4 aliphatic rings. The van der Waals surface area contributed by atoms with Crippen molar-refractivity contribution in [2.24, 2.45) is 17.8 Å². The van der Waals surface area contributed by atoms with Crippen LogP contribution in [-0.4, -0.2) is 55.1 Å². The minimum absolute atomic E-state index is 0.187. The van der Waals surface area contributed by atoms with E-state index >= 15 is 4.39 Å². The summed E-state index contributed by atoms with van der Waals surface area (Å²) in [5.41, 5.74) is -4.34. The molecule has 0 aliphatic heterocycles. The number of halogens is 4. The Morgan fingerprint density at radius 2 is 1.64 bits per heavy atom. The minimum atomic E-state index is -3.70. The highest BCUT2D eigenvalue weighted by Crippen LogP contribution is 2.65. The van der Waals surface area contributed by atoms with Crippen LogP contribution in [0.3, 0.4) is 0 Å². The lowest BCUT2D eigenvalue weighted by atomic mass is 9.45. The summed E-state index contributed by atoms with van der Waals surface area (Å²) in [5.74, 6) is -6.89. The Balaban J connectivity index is 1.73. The number of esters is 2. The second-order valence-electron chi connectivity index (χ2n) is 8.79. The van der Waals surface area contributed by atoms with Gasteiger partial charge in [0.1, 0.15) is 17.9 Å². The third-order valence-corrected chi connectivity index (χ3v) is 6.76. The lowest BCUT2D eigenvalue weighted by Gasteiger charge is -2.66. The SMILES string of the molecule is COC1(C(C)(F)CF)C2CC3CC1CC(OC(=O)COC(=O)C(C)(F)F)(C3)C2. The van der Waals surface area contributed by atoms with Gasteiger partial charge in [0.05, 0.1) is 0 Å². The molecule has 0 heterocycles. The summed E-state index contributed by atoms with van der Waals surface area (Å²) in [6.07, 6.45) is 2.48. The second kappa shape index (κ2) is 6.85. The zero-order chi connectivity index (χ0) is 21.0. The average molecular weight is 410 g/mol. The van der Waals surface area contributed by atoms with Gasteiger partial charge in [-0.05, 0) is 56.8 Å². The molecule has 0 N–H and O–H groups in total. The maximum absolute atomic E-state index is 15.2. The molecule has 160 valence electrons. The Morgan fingerprint density at radius 1 is 1.07 bits per heavy atom. The monoisotopic (exact) mass is 410 g/mol. The molecule has 28 heavy (non-hydrogen) atoms. The summed E-state index contributed by atoms with van der Waals surface area (Å²) >= 11 is 0. The first-order chi connectivity index (χ1) is 12.9. The molecule has 3 atom stereocenters. The van der Waals surface area contributed by atoms with Crippen LogP contribution in [0.25, 0.3) is 0 Å². The van der Waals surface area contributed by atoms with Crippen LogP contribution in [0.4, 0.5) is 17.6 Å². The van der Waals surface area contributed by atoms with Crippen molar-refractivity contribution in [2.45, 2.75) is 68.7 Å². The first-order valence-electron chi connectivity index (χ1n) is 9.46. The number of carbonyl (C=O) groups is 2. The Kier molecular flexibility index (Phi) is 5.22. The Bertz CT molecular complexity index is 629. The number of hydrogen-bond donors (Lipinski definition) is 0. The van der Waals surface area contributed by atoms with Crippen LogP contribution in [0.5, 0.6) is 0 Å². The van der Waals surface area contributed by atoms with Crippen LogP contribution in [0, 0.1) is 17.8 Å². The van der Waals surface area contributed by atoms with Gasteiger partial charge in [-0.25, -0.2) is 18.4 Å². The number of alkyl halides is 4. The van der Waals surface area contributed by atoms with Crippen LogP contribution in [0.15, 0.2) is 0 Å². The zero-order valence-electron chi connectivity index (χ0n) is 16.2. The van der Waals surface area contributed by atoms with Crippen molar-refractivity contribution < 1.29 is 41.4 Å². The first-order valence-corrected chi connectivity index (χ1v) is 9.46. The molecule has 5 nitrogen and oxygen atoms in total. The van der Waals surface area contributed by atoms with Crippen molar-refractivity contribution in [2.75, 3.05) is 20.4 Å². The van der Waals surface area contributed by atoms with E-state index in [1.165, 1.54) is 14.0 Å². The number of hydrogen-bond acceptors (Lipinski definition) is 5. The molecular formula is C19H26F4O5. The number of rotatable bonds is 7. The molecule has 3 unspecified atom stereocenters. The predicted molar refractivity (Wildman–Crippen MR) is 89.2 cm³/mol. The molecule has 9 heteroatoms. The van der Waals surface area contributed by atoms with Crippen molar-refractivity contribution in [3.63, 3.8) is 0 Å². The van der Waals surface area contributed by atoms with E-state index in [1.54, 1.807) is 0 Å². The summed E-state index contributed by atoms with van der Waals surface area (Å²) in [5, 5.41) is 0. The highest BCUT2D eigenvalue weighted by molar-refractivity contribution is 5.80. The van der Waals surface area contributed by atoms with E-state index in [2.05, 4.69) is 4.74 Å². The van der Waals surface area contributed by atoms with Crippen molar-refractivity contribution in [3.8, 4) is 0 Å². The zero-order valence-corrected chi connectivity index (χ0v) is 16.2. The van der Waals surface area contributed by atoms with E-state index in [9.17, 15) is 22.8 Å². The standard InChI is InChI=1S/C19H26F4O5/c1-16(21,10-20)19(26-3)12-4-11-5-13(19)8-18(6-11,7-12)28-14(24)9-27-15(25)17(2,22)23/h11-13H,4-10H2,1-3H3. The summed E-state index contributed by atoms with van der Waals surface area (Å²) in [7, 11) is 1.39. The maximum Gasteiger partial charge on any atom is 0.377 e. The molecule has 0 aromatic heterocycles. The maximum atomic E-state index is 15.2. The highest BCUT2D eigenvalue weighted by Gasteiger charge is 2.70. The van der Waals surface area contributed by atoms with Crippen molar-refractivity contribution in [1.82, 2.24) is 0 Å². The van der Waals surface area contributed by atoms with Gasteiger partial charge in [0.15, 0.2) is 12.3 Å². The Morgan fingerprint density at radius 3 is 2.11 bits per heavy atom. The third-order valence-electron chi connectivity index (χ3n) is 6.76. The smallest absolute Gasteiger partial charge is 0.377 e. The second-order valence-corrected chi connectivity index (χ2v) is 8.79. The number of carbonyl (C=O) groups excluding carboxylic acids is 2. The van der Waals surface area contributed by atoms with E-state index in [0.29, 0.717) is 39.0 Å². The van der Waals surface area contributed by atoms with E-state index in [0.717, 1.165) is 0 Å². The van der Waals surface area contributed by atoms with Crippen molar-refractivity contribution >= 4 is 11.9 Å². The largest absolute Gasteiger partial charge is 0.457 e. The molecule has 0 radical (unpaired) electrons. The molecule has 0 amide bonds. The number of methoxy groups -OCH3 is 1. The lowest BCUT2D eigenvalue weighted by molar-refractivity contribution is -0.286. The molecular weight excluding hydrogens is 384 g/mol. The molecule has 4 fully saturated rings. The van der Waals surface area contributed by atoms with Gasteiger partial charge in [-0.1, -0.05) is 0 Å². The van der Waals surface area contributed by atoms with E-state index < -0.39 is 48.0 Å².